The van der Waals surface area contributed by atoms with Gasteiger partial charge in [0.1, 0.15) is 4.88 Å². The highest BCUT2D eigenvalue weighted by Crippen LogP contribution is 2.15. The average Bonchev–Trinajstić information content (AvgIpc) is 2.62. The first kappa shape index (κ1) is 10.3. The lowest BCUT2D eigenvalue weighted by atomic mass is 10.4. The quantitative estimate of drug-likeness (QED) is 0.536. The maximum absolute atomic E-state index is 11.0. The largest absolute Gasteiger partial charge is 0.465 e. The highest BCUT2D eigenvalue weighted by atomic mass is 32.1. The van der Waals surface area contributed by atoms with Crippen molar-refractivity contribution in [3.05, 3.63) is 21.9 Å². The van der Waals surface area contributed by atoms with E-state index in [1.807, 2.05) is 0 Å². The van der Waals surface area contributed by atoms with Gasteiger partial charge in [0.05, 0.1) is 12.0 Å². The van der Waals surface area contributed by atoms with Crippen LogP contribution in [0.2, 0.25) is 0 Å². The Morgan fingerprint density at radius 1 is 1.50 bits per heavy atom. The second-order valence-corrected chi connectivity index (χ2v) is 3.35. The van der Waals surface area contributed by atoms with E-state index in [-0.39, 0.29) is 0 Å². The van der Waals surface area contributed by atoms with Gasteiger partial charge in [-0.05, 0) is 18.1 Å². The molecule has 0 aliphatic heterocycles. The van der Waals surface area contributed by atoms with E-state index in [4.69, 9.17) is 5.73 Å². The molecule has 1 amide bonds. The van der Waals surface area contributed by atoms with Gasteiger partial charge in [-0.3, -0.25) is 4.79 Å². The zero-order valence-corrected chi connectivity index (χ0v) is 8.18. The van der Waals surface area contributed by atoms with Gasteiger partial charge in [-0.2, -0.15) is 0 Å². The second kappa shape index (κ2) is 4.44. The lowest BCUT2D eigenvalue weighted by Gasteiger charge is -1.90. The van der Waals surface area contributed by atoms with Crippen molar-refractivity contribution in [2.75, 3.05) is 7.11 Å². The summed E-state index contributed by atoms with van der Waals surface area (Å²) in [6, 6.07) is 3.22. The zero-order chi connectivity index (χ0) is 10.6. The number of rotatable bonds is 1. The van der Waals surface area contributed by atoms with Crippen molar-refractivity contribution >= 4 is 23.2 Å². The maximum Gasteiger partial charge on any atom is 0.348 e. The molecule has 0 bridgehead atoms. The van der Waals surface area contributed by atoms with Crippen LogP contribution in [0.1, 0.15) is 14.5 Å². The van der Waals surface area contributed by atoms with E-state index in [1.54, 1.807) is 12.1 Å². The van der Waals surface area contributed by atoms with Crippen molar-refractivity contribution < 1.29 is 14.3 Å². The van der Waals surface area contributed by atoms with Crippen molar-refractivity contribution in [3.63, 3.8) is 0 Å². The van der Waals surface area contributed by atoms with E-state index in [2.05, 4.69) is 16.6 Å². The van der Waals surface area contributed by atoms with Crippen molar-refractivity contribution in [3.8, 4) is 11.8 Å². The maximum atomic E-state index is 11.0. The van der Waals surface area contributed by atoms with Crippen LogP contribution >= 0.6 is 11.3 Å². The standard InChI is InChI=1S/C9H7NO3S/c1-13-9(12)7-4-2-6(14-7)3-5-8(10)11/h2,4H,1H3,(H2,10,11). The van der Waals surface area contributed by atoms with E-state index in [9.17, 15) is 9.59 Å². The number of amides is 1. The van der Waals surface area contributed by atoms with Crippen molar-refractivity contribution in [2.24, 2.45) is 5.73 Å². The SMILES string of the molecule is COC(=O)c1ccc(C#CC(N)=O)s1. The Kier molecular flexibility index (Phi) is 3.26. The van der Waals surface area contributed by atoms with E-state index in [0.717, 1.165) is 11.3 Å². The first-order valence-electron chi connectivity index (χ1n) is 3.63. The van der Waals surface area contributed by atoms with Crippen LogP contribution < -0.4 is 5.73 Å². The van der Waals surface area contributed by atoms with E-state index < -0.39 is 11.9 Å². The Balaban J connectivity index is 2.85. The van der Waals surface area contributed by atoms with E-state index >= 15 is 0 Å². The molecule has 4 nitrogen and oxygen atoms in total. The van der Waals surface area contributed by atoms with Crippen molar-refractivity contribution in [2.45, 2.75) is 0 Å². The molecule has 14 heavy (non-hydrogen) atoms. The fourth-order valence-electron chi connectivity index (χ4n) is 0.739. The van der Waals surface area contributed by atoms with Gasteiger partial charge in [0.25, 0.3) is 5.91 Å². The fourth-order valence-corrected chi connectivity index (χ4v) is 1.52. The fraction of sp³-hybridized carbons (Fsp3) is 0.111. The lowest BCUT2D eigenvalue weighted by molar-refractivity contribution is -0.112. The van der Waals surface area contributed by atoms with Crippen LogP contribution in [0.5, 0.6) is 0 Å². The molecule has 1 aromatic heterocycles. The Labute approximate surface area is 84.7 Å². The lowest BCUT2D eigenvalue weighted by Crippen LogP contribution is -2.05. The molecule has 72 valence electrons. The molecule has 0 saturated carbocycles. The molecule has 0 radical (unpaired) electrons. The first-order valence-corrected chi connectivity index (χ1v) is 4.44. The first-order chi connectivity index (χ1) is 6.63. The van der Waals surface area contributed by atoms with Crippen molar-refractivity contribution in [1.29, 1.82) is 0 Å². The number of thiophene rings is 1. The summed E-state index contributed by atoms with van der Waals surface area (Å²) in [5.74, 6) is 3.60. The van der Waals surface area contributed by atoms with Crippen LogP contribution in [-0.2, 0) is 9.53 Å². The van der Waals surface area contributed by atoms with Gasteiger partial charge in [0.15, 0.2) is 0 Å². The molecular formula is C9H7NO3S. The number of methoxy groups -OCH3 is 1. The van der Waals surface area contributed by atoms with E-state index in [1.165, 1.54) is 7.11 Å². The average molecular weight is 209 g/mol. The summed E-state index contributed by atoms with van der Waals surface area (Å²) in [5.41, 5.74) is 4.83. The minimum absolute atomic E-state index is 0.415. The number of ether oxygens (including phenoxy) is 1. The highest BCUT2D eigenvalue weighted by Gasteiger charge is 2.07. The molecule has 0 unspecified atom stereocenters. The number of hydrogen-bond donors (Lipinski definition) is 1. The molecule has 1 aromatic rings. The molecule has 0 spiro atoms. The van der Waals surface area contributed by atoms with Crippen molar-refractivity contribution in [1.82, 2.24) is 0 Å². The summed E-state index contributed by atoms with van der Waals surface area (Å²) < 4.78 is 4.51. The summed E-state index contributed by atoms with van der Waals surface area (Å²) in [4.78, 5) is 22.4. The molecule has 5 heteroatoms. The Morgan fingerprint density at radius 2 is 2.21 bits per heavy atom. The molecule has 0 aliphatic rings. The zero-order valence-electron chi connectivity index (χ0n) is 7.37. The Bertz CT molecular complexity index is 425. The number of primary amides is 1. The summed E-state index contributed by atoms with van der Waals surface area (Å²) in [6.45, 7) is 0. The molecule has 1 rings (SSSR count). The van der Waals surface area contributed by atoms with Gasteiger partial charge >= 0.3 is 5.97 Å². The Hall–Kier alpha value is -1.80. The highest BCUT2D eigenvalue weighted by molar-refractivity contribution is 7.14. The molecule has 0 atom stereocenters. The van der Waals surface area contributed by atoms with Crippen LogP contribution in [0.15, 0.2) is 12.1 Å². The molecule has 0 aromatic carbocycles. The number of carbonyl (C=O) groups is 2. The minimum Gasteiger partial charge on any atom is -0.465 e. The molecule has 2 N–H and O–H groups in total. The monoisotopic (exact) mass is 209 g/mol. The summed E-state index contributed by atoms with van der Waals surface area (Å²) in [6.07, 6.45) is 0. The molecule has 0 saturated heterocycles. The number of esters is 1. The van der Waals surface area contributed by atoms with Gasteiger partial charge in [0, 0.05) is 5.92 Å². The van der Waals surface area contributed by atoms with Crippen LogP contribution in [-0.4, -0.2) is 19.0 Å². The molecule has 0 aliphatic carbocycles. The number of carbonyl (C=O) groups excluding carboxylic acids is 2. The summed E-state index contributed by atoms with van der Waals surface area (Å²) in [7, 11) is 1.30. The predicted molar refractivity (Wildman–Crippen MR) is 51.7 cm³/mol. The minimum atomic E-state index is -0.696. The molecule has 1 heterocycles. The van der Waals surface area contributed by atoms with Gasteiger partial charge in [-0.15, -0.1) is 11.3 Å². The van der Waals surface area contributed by atoms with Gasteiger partial charge < -0.3 is 10.5 Å². The van der Waals surface area contributed by atoms with Gasteiger partial charge in [-0.1, -0.05) is 0 Å². The smallest absolute Gasteiger partial charge is 0.348 e. The third kappa shape index (κ3) is 2.61. The van der Waals surface area contributed by atoms with Crippen LogP contribution in [0, 0.1) is 11.8 Å². The number of hydrogen-bond acceptors (Lipinski definition) is 4. The molecule has 0 fully saturated rings. The normalized spacial score (nSPS) is 8.64. The third-order valence-corrected chi connectivity index (χ3v) is 2.28. The van der Waals surface area contributed by atoms with Crippen LogP contribution in [0.25, 0.3) is 0 Å². The van der Waals surface area contributed by atoms with E-state index in [0.29, 0.717) is 9.75 Å². The second-order valence-electron chi connectivity index (χ2n) is 2.27. The van der Waals surface area contributed by atoms with Crippen LogP contribution in [0.3, 0.4) is 0 Å². The predicted octanol–water partition coefficient (Wildman–Crippen LogP) is 0.372. The van der Waals surface area contributed by atoms with Gasteiger partial charge in [-0.25, -0.2) is 4.79 Å². The summed E-state index contributed by atoms with van der Waals surface area (Å²) in [5, 5.41) is 0. The number of nitrogens with two attached hydrogens (primary N) is 1. The van der Waals surface area contributed by atoms with Crippen LogP contribution in [0.4, 0.5) is 0 Å². The Morgan fingerprint density at radius 3 is 2.79 bits per heavy atom. The van der Waals surface area contributed by atoms with Gasteiger partial charge in [0.2, 0.25) is 0 Å². The topological polar surface area (TPSA) is 69.4 Å². The molecular weight excluding hydrogens is 202 g/mol. The summed E-state index contributed by atoms with van der Waals surface area (Å²) >= 11 is 1.15. The third-order valence-electron chi connectivity index (χ3n) is 1.30.